The molecule has 17 heavy (non-hydrogen) atoms. The average molecular weight is 230 g/mol. The molecule has 2 heterocycles. The van der Waals surface area contributed by atoms with Crippen molar-refractivity contribution in [2.45, 2.75) is 13.0 Å². The number of H-pyrrole nitrogens is 1. The van der Waals surface area contributed by atoms with E-state index in [1.807, 2.05) is 13.0 Å². The molecule has 0 aliphatic rings. The van der Waals surface area contributed by atoms with Crippen LogP contribution in [0, 0.1) is 11.3 Å². The third kappa shape index (κ3) is 2.12. The number of tetrazole rings is 1. The summed E-state index contributed by atoms with van der Waals surface area (Å²) < 4.78 is 0. The number of nitrogens with one attached hydrogen (secondary N) is 2. The van der Waals surface area contributed by atoms with Gasteiger partial charge in [-0.3, -0.25) is 0 Å². The first-order valence-electron chi connectivity index (χ1n) is 4.87. The first-order chi connectivity index (χ1) is 8.22. The highest BCUT2D eigenvalue weighted by molar-refractivity contribution is 5.69. The first kappa shape index (κ1) is 10.8. The van der Waals surface area contributed by atoms with Gasteiger partial charge in [0.25, 0.3) is 0 Å². The number of nitrogens with zero attached hydrogens (tertiary/aromatic N) is 5. The minimum absolute atomic E-state index is 0.211. The van der Waals surface area contributed by atoms with Crippen molar-refractivity contribution in [2.75, 3.05) is 11.1 Å². The third-order valence-electron chi connectivity index (χ3n) is 2.21. The lowest BCUT2D eigenvalue weighted by atomic mass is 10.2. The molecule has 0 amide bonds. The molecule has 0 saturated heterocycles. The molecule has 2 aromatic rings. The molecule has 8 nitrogen and oxygen atoms in total. The van der Waals surface area contributed by atoms with Crippen LogP contribution < -0.4 is 11.1 Å². The molecule has 0 saturated carbocycles. The number of aromatic nitrogens is 5. The van der Waals surface area contributed by atoms with Crippen molar-refractivity contribution in [2.24, 2.45) is 0 Å². The first-order valence-corrected chi connectivity index (χ1v) is 4.87. The monoisotopic (exact) mass is 230 g/mol. The van der Waals surface area contributed by atoms with Crippen LogP contribution in [0.1, 0.15) is 24.4 Å². The Balaban J connectivity index is 2.23. The molecule has 86 valence electrons. The number of anilines is 2. The number of nitrogen functional groups attached to an aromatic ring is 1. The number of hydrogen-bond acceptors (Lipinski definition) is 7. The molecule has 0 spiro atoms. The van der Waals surface area contributed by atoms with Gasteiger partial charge in [0, 0.05) is 6.20 Å². The Morgan fingerprint density at radius 1 is 1.59 bits per heavy atom. The number of rotatable bonds is 3. The zero-order valence-corrected chi connectivity index (χ0v) is 9.05. The Labute approximate surface area is 96.9 Å². The highest BCUT2D eigenvalue weighted by atomic mass is 15.5. The van der Waals surface area contributed by atoms with Gasteiger partial charge in [0.1, 0.15) is 6.07 Å². The molecule has 4 N–H and O–H groups in total. The molecule has 1 atom stereocenters. The van der Waals surface area contributed by atoms with Crippen LogP contribution in [0.5, 0.6) is 0 Å². The summed E-state index contributed by atoms with van der Waals surface area (Å²) in [6.45, 7) is 1.84. The van der Waals surface area contributed by atoms with Crippen molar-refractivity contribution in [1.29, 1.82) is 5.26 Å². The largest absolute Gasteiger partial charge is 0.395 e. The van der Waals surface area contributed by atoms with Crippen molar-refractivity contribution in [1.82, 2.24) is 25.6 Å². The Bertz CT molecular complexity index is 541. The summed E-state index contributed by atoms with van der Waals surface area (Å²) in [5, 5.41) is 25.4. The minimum Gasteiger partial charge on any atom is -0.395 e. The van der Waals surface area contributed by atoms with Crippen LogP contribution in [0.3, 0.4) is 0 Å². The lowest BCUT2D eigenvalue weighted by molar-refractivity contribution is 0.788. The van der Waals surface area contributed by atoms with Crippen LogP contribution in [-0.2, 0) is 0 Å². The number of pyridine rings is 1. The van der Waals surface area contributed by atoms with Crippen molar-refractivity contribution >= 4 is 11.5 Å². The Hall–Kier alpha value is -2.69. The van der Waals surface area contributed by atoms with Crippen molar-refractivity contribution in [3.8, 4) is 6.07 Å². The molecule has 0 aliphatic carbocycles. The SMILES string of the molecule is CC(Nc1nccc(C#N)c1N)c1nn[nH]n1. The smallest absolute Gasteiger partial charge is 0.196 e. The maximum atomic E-state index is 8.84. The van der Waals surface area contributed by atoms with E-state index in [0.717, 1.165) is 0 Å². The zero-order valence-electron chi connectivity index (χ0n) is 9.05. The van der Waals surface area contributed by atoms with Gasteiger partial charge in [0.2, 0.25) is 0 Å². The van der Waals surface area contributed by atoms with Gasteiger partial charge in [-0.05, 0) is 13.0 Å². The predicted octanol–water partition coefficient (Wildman–Crippen LogP) is 0.222. The number of hydrogen-bond donors (Lipinski definition) is 3. The summed E-state index contributed by atoms with van der Waals surface area (Å²) in [5.41, 5.74) is 6.47. The molecule has 0 radical (unpaired) electrons. The quantitative estimate of drug-likeness (QED) is 0.687. The second-order valence-electron chi connectivity index (χ2n) is 3.37. The lowest BCUT2D eigenvalue weighted by Gasteiger charge is -2.12. The van der Waals surface area contributed by atoms with Crippen LogP contribution >= 0.6 is 0 Å². The Morgan fingerprint density at radius 2 is 2.41 bits per heavy atom. The van der Waals surface area contributed by atoms with Gasteiger partial charge in [0.05, 0.1) is 17.3 Å². The molecule has 0 bridgehead atoms. The van der Waals surface area contributed by atoms with E-state index in [1.165, 1.54) is 6.20 Å². The number of nitriles is 1. The third-order valence-corrected chi connectivity index (χ3v) is 2.21. The van der Waals surface area contributed by atoms with Gasteiger partial charge in [-0.1, -0.05) is 5.21 Å². The molecule has 1 unspecified atom stereocenters. The standard InChI is InChI=1S/C9H10N8/c1-5(8-14-16-17-15-8)13-9-7(11)6(4-10)2-3-12-9/h2-3,5H,11H2,1H3,(H,12,13)(H,14,15,16,17). The van der Waals surface area contributed by atoms with E-state index in [-0.39, 0.29) is 6.04 Å². The molecule has 0 fully saturated rings. The summed E-state index contributed by atoms with van der Waals surface area (Å²) in [4.78, 5) is 4.06. The second kappa shape index (κ2) is 4.44. The van der Waals surface area contributed by atoms with Crippen molar-refractivity contribution < 1.29 is 0 Å². The summed E-state index contributed by atoms with van der Waals surface area (Å²) in [6, 6.07) is 3.33. The van der Waals surface area contributed by atoms with Gasteiger partial charge in [-0.2, -0.15) is 10.5 Å². The fourth-order valence-electron chi connectivity index (χ4n) is 1.31. The molecular formula is C9H10N8. The fraction of sp³-hybridized carbons (Fsp3) is 0.222. The Kier molecular flexibility index (Phi) is 2.83. The van der Waals surface area contributed by atoms with E-state index in [2.05, 4.69) is 30.9 Å². The topological polar surface area (TPSA) is 129 Å². The van der Waals surface area contributed by atoms with Crippen LogP contribution in [0.15, 0.2) is 12.3 Å². The van der Waals surface area contributed by atoms with Crippen molar-refractivity contribution in [3.05, 3.63) is 23.7 Å². The molecule has 0 aliphatic heterocycles. The van der Waals surface area contributed by atoms with Gasteiger partial charge in [-0.25, -0.2) is 4.98 Å². The lowest BCUT2D eigenvalue weighted by Crippen LogP contribution is -2.12. The van der Waals surface area contributed by atoms with Crippen LogP contribution in [0.4, 0.5) is 11.5 Å². The molecule has 8 heteroatoms. The van der Waals surface area contributed by atoms with E-state index >= 15 is 0 Å². The highest BCUT2D eigenvalue weighted by Crippen LogP contribution is 2.22. The maximum Gasteiger partial charge on any atom is 0.196 e. The fourth-order valence-corrected chi connectivity index (χ4v) is 1.31. The molecule has 0 aromatic carbocycles. The minimum atomic E-state index is -0.211. The van der Waals surface area contributed by atoms with Crippen LogP contribution in [-0.4, -0.2) is 25.6 Å². The van der Waals surface area contributed by atoms with E-state index in [9.17, 15) is 0 Å². The van der Waals surface area contributed by atoms with Gasteiger partial charge >= 0.3 is 0 Å². The summed E-state index contributed by atoms with van der Waals surface area (Å²) >= 11 is 0. The Morgan fingerprint density at radius 3 is 3.06 bits per heavy atom. The van der Waals surface area contributed by atoms with Crippen LogP contribution in [0.2, 0.25) is 0 Å². The summed E-state index contributed by atoms with van der Waals surface area (Å²) in [6.07, 6.45) is 1.51. The molecule has 2 rings (SSSR count). The normalized spacial score (nSPS) is 11.8. The molecular weight excluding hydrogens is 220 g/mol. The highest BCUT2D eigenvalue weighted by Gasteiger charge is 2.13. The summed E-state index contributed by atoms with van der Waals surface area (Å²) in [5.74, 6) is 0.926. The van der Waals surface area contributed by atoms with E-state index in [1.54, 1.807) is 6.07 Å². The van der Waals surface area contributed by atoms with E-state index in [4.69, 9.17) is 11.0 Å². The van der Waals surface area contributed by atoms with E-state index < -0.39 is 0 Å². The van der Waals surface area contributed by atoms with Gasteiger partial charge in [-0.15, -0.1) is 10.2 Å². The van der Waals surface area contributed by atoms with Crippen molar-refractivity contribution in [3.63, 3.8) is 0 Å². The predicted molar refractivity (Wildman–Crippen MR) is 59.6 cm³/mol. The zero-order chi connectivity index (χ0) is 12.3. The van der Waals surface area contributed by atoms with Crippen LogP contribution in [0.25, 0.3) is 0 Å². The second-order valence-corrected chi connectivity index (χ2v) is 3.37. The van der Waals surface area contributed by atoms with Gasteiger partial charge in [0.15, 0.2) is 11.6 Å². The molecule has 2 aromatic heterocycles. The number of nitrogens with two attached hydrogens (primary N) is 1. The van der Waals surface area contributed by atoms with E-state index in [0.29, 0.717) is 22.9 Å². The van der Waals surface area contributed by atoms with Gasteiger partial charge < -0.3 is 11.1 Å². The maximum absolute atomic E-state index is 8.84. The number of aromatic amines is 1. The average Bonchev–Trinajstić information content (AvgIpc) is 2.85. The summed E-state index contributed by atoms with van der Waals surface area (Å²) in [7, 11) is 0.